The molecule has 2 aliphatic rings. The number of nitrogens with one attached hydrogen (secondary N) is 2. The summed E-state index contributed by atoms with van der Waals surface area (Å²) < 4.78 is 6.64. The van der Waals surface area contributed by atoms with Crippen molar-refractivity contribution in [2.24, 2.45) is 0 Å². The number of ether oxygens (including phenoxy) is 1. The zero-order valence-electron chi connectivity index (χ0n) is 22.2. The number of halogens is 1. The lowest BCUT2D eigenvalue weighted by molar-refractivity contribution is 0.101. The van der Waals surface area contributed by atoms with E-state index in [1.807, 2.05) is 24.3 Å². The molecule has 3 aromatic heterocycles. The van der Waals surface area contributed by atoms with Crippen LogP contribution in [0.15, 0.2) is 28.7 Å². The number of fused-ring (bicyclic) bond motifs is 8. The van der Waals surface area contributed by atoms with E-state index < -0.39 is 0 Å². The van der Waals surface area contributed by atoms with E-state index in [1.54, 1.807) is 21.0 Å². The first-order chi connectivity index (χ1) is 17.3. The normalized spacial score (nSPS) is 16.0. The van der Waals surface area contributed by atoms with Crippen LogP contribution in [0.2, 0.25) is 0 Å². The average molecular weight is 563 g/mol. The van der Waals surface area contributed by atoms with Crippen LogP contribution in [-0.2, 0) is 23.7 Å². The second-order valence-corrected chi connectivity index (χ2v) is 12.1. The van der Waals surface area contributed by atoms with Crippen LogP contribution in [-0.4, -0.2) is 38.6 Å². The number of rotatable bonds is 3. The molecule has 0 saturated carbocycles. The highest BCUT2D eigenvalue weighted by molar-refractivity contribution is 9.10. The molecule has 0 fully saturated rings. The maximum Gasteiger partial charge on any atom is 0.164 e. The Morgan fingerprint density at radius 3 is 1.78 bits per heavy atom. The summed E-state index contributed by atoms with van der Waals surface area (Å²) in [7, 11) is 1.61. The summed E-state index contributed by atoms with van der Waals surface area (Å²) in [6, 6.07) is 7.70. The van der Waals surface area contributed by atoms with Gasteiger partial charge in [0.05, 0.1) is 34.0 Å². The number of hydrogen-bond donors (Lipinski definition) is 2. The summed E-state index contributed by atoms with van der Waals surface area (Å²) in [5.41, 5.74) is 6.89. The molecule has 0 unspecified atom stereocenters. The van der Waals surface area contributed by atoms with Crippen molar-refractivity contribution in [3.05, 3.63) is 62.6 Å². The van der Waals surface area contributed by atoms with Gasteiger partial charge in [0.2, 0.25) is 0 Å². The number of H-pyrrole nitrogens is 2. The van der Waals surface area contributed by atoms with Crippen molar-refractivity contribution in [2.75, 3.05) is 7.11 Å². The van der Waals surface area contributed by atoms with Crippen molar-refractivity contribution in [1.29, 1.82) is 0 Å². The van der Waals surface area contributed by atoms with Gasteiger partial charge in [-0.2, -0.15) is 0 Å². The van der Waals surface area contributed by atoms with Gasteiger partial charge in [0.1, 0.15) is 0 Å². The molecular formula is C29H31BrN4O3. The van der Waals surface area contributed by atoms with E-state index >= 15 is 0 Å². The zero-order chi connectivity index (χ0) is 26.9. The van der Waals surface area contributed by atoms with Crippen LogP contribution in [0.5, 0.6) is 5.75 Å². The highest BCUT2D eigenvalue weighted by Gasteiger charge is 2.33. The molecule has 3 aromatic rings. The van der Waals surface area contributed by atoms with Gasteiger partial charge in [-0.25, -0.2) is 0 Å². The summed E-state index contributed by atoms with van der Waals surface area (Å²) in [5.74, 6) is 0.471. The number of Topliss-reactive ketones (excluding diaryl/α,β-unsaturated/α-hetero) is 2. The van der Waals surface area contributed by atoms with Crippen LogP contribution < -0.4 is 4.74 Å². The Morgan fingerprint density at radius 2 is 1.27 bits per heavy atom. The molecule has 0 amide bonds. The second-order valence-electron chi connectivity index (χ2n) is 11.3. The fourth-order valence-corrected chi connectivity index (χ4v) is 5.76. The van der Waals surface area contributed by atoms with Gasteiger partial charge in [0.15, 0.2) is 17.3 Å². The fourth-order valence-electron chi connectivity index (χ4n) is 5.22. The molecule has 8 bridgehead atoms. The first-order valence-electron chi connectivity index (χ1n) is 12.3. The van der Waals surface area contributed by atoms with Crippen molar-refractivity contribution in [3.63, 3.8) is 0 Å². The first-order valence-corrected chi connectivity index (χ1v) is 13.1. The number of methoxy groups -OCH3 is 1. The first kappa shape index (κ1) is 25.4. The molecule has 192 valence electrons. The molecule has 5 rings (SSSR count). The minimum atomic E-state index is -0.281. The van der Waals surface area contributed by atoms with E-state index in [4.69, 9.17) is 14.7 Å². The van der Waals surface area contributed by atoms with E-state index in [-0.39, 0.29) is 22.4 Å². The number of carbonyl (C=O) groups is 2. The summed E-state index contributed by atoms with van der Waals surface area (Å²) in [5, 5.41) is 0. The Labute approximate surface area is 224 Å². The van der Waals surface area contributed by atoms with Gasteiger partial charge in [0, 0.05) is 57.2 Å². The van der Waals surface area contributed by atoms with E-state index in [1.165, 1.54) is 0 Å². The summed E-state index contributed by atoms with van der Waals surface area (Å²) in [6.07, 6.45) is 1.33. The average Bonchev–Trinajstić information content (AvgIpc) is 3.53. The molecule has 0 atom stereocenters. The summed E-state index contributed by atoms with van der Waals surface area (Å²) in [4.78, 5) is 42.0. The largest absolute Gasteiger partial charge is 0.493 e. The van der Waals surface area contributed by atoms with E-state index in [0.717, 1.165) is 38.3 Å². The Balaban J connectivity index is 2.01. The Bertz CT molecular complexity index is 1640. The predicted octanol–water partition coefficient (Wildman–Crippen LogP) is 6.53. The van der Waals surface area contributed by atoms with Gasteiger partial charge in [-0.05, 0) is 54.0 Å². The number of carbonyl (C=O) groups excluding carboxylic acids is 2. The van der Waals surface area contributed by atoms with Crippen LogP contribution in [0.1, 0.15) is 85.0 Å². The topological polar surface area (TPSA) is 101 Å². The van der Waals surface area contributed by atoms with Gasteiger partial charge in [0.25, 0.3) is 0 Å². The molecule has 0 spiro atoms. The number of ketones is 2. The van der Waals surface area contributed by atoms with E-state index in [0.29, 0.717) is 40.8 Å². The number of aromatic nitrogens is 4. The zero-order valence-corrected chi connectivity index (χ0v) is 23.8. The number of aromatic amines is 2. The molecule has 2 aliphatic heterocycles. The monoisotopic (exact) mass is 562 g/mol. The molecule has 0 aliphatic carbocycles. The van der Waals surface area contributed by atoms with E-state index in [2.05, 4.69) is 53.6 Å². The number of hydrogen-bond acceptors (Lipinski definition) is 5. The molecule has 0 aromatic carbocycles. The molecule has 0 radical (unpaired) electrons. The molecular weight excluding hydrogens is 532 g/mol. The fraction of sp³-hybridized carbons (Fsp3) is 0.379. The Kier molecular flexibility index (Phi) is 5.94. The van der Waals surface area contributed by atoms with Gasteiger partial charge in [-0.3, -0.25) is 19.6 Å². The number of nitrogens with zero attached hydrogens (tertiary/aromatic N) is 2. The van der Waals surface area contributed by atoms with Crippen LogP contribution in [0.25, 0.3) is 22.1 Å². The van der Waals surface area contributed by atoms with Gasteiger partial charge in [-0.15, -0.1) is 0 Å². The smallest absolute Gasteiger partial charge is 0.164 e. The highest BCUT2D eigenvalue weighted by Crippen LogP contribution is 2.39. The Hall–Kier alpha value is -3.26. The lowest BCUT2D eigenvalue weighted by atomic mass is 9.86. The lowest BCUT2D eigenvalue weighted by Crippen LogP contribution is -2.15. The van der Waals surface area contributed by atoms with E-state index in [9.17, 15) is 9.59 Å². The quantitative estimate of drug-likeness (QED) is 0.353. The molecule has 5 heterocycles. The van der Waals surface area contributed by atoms with Crippen LogP contribution in [0.3, 0.4) is 0 Å². The van der Waals surface area contributed by atoms with Crippen LogP contribution in [0, 0.1) is 0 Å². The molecule has 2 N–H and O–H groups in total. The second kappa shape index (κ2) is 8.65. The third-order valence-electron chi connectivity index (χ3n) is 7.30. The molecule has 37 heavy (non-hydrogen) atoms. The van der Waals surface area contributed by atoms with Crippen molar-refractivity contribution >= 4 is 49.6 Å². The molecule has 0 saturated heterocycles. The van der Waals surface area contributed by atoms with Crippen molar-refractivity contribution < 1.29 is 14.3 Å². The SMILES string of the molecule is COc1c2nc(cc3cc(C(C)=O)c([nH]3)c(Br)c3nc(cc4cc(C(C)=O)c1[nH]4)C(C)(C)C3)C(C)(C)C2. The molecule has 7 nitrogen and oxygen atoms in total. The minimum Gasteiger partial charge on any atom is -0.493 e. The van der Waals surface area contributed by atoms with Crippen molar-refractivity contribution in [3.8, 4) is 5.75 Å². The highest BCUT2D eigenvalue weighted by atomic mass is 79.9. The van der Waals surface area contributed by atoms with Gasteiger partial charge in [-0.1, -0.05) is 27.7 Å². The maximum atomic E-state index is 12.6. The minimum absolute atomic E-state index is 0.0281. The van der Waals surface area contributed by atoms with Gasteiger partial charge >= 0.3 is 0 Å². The van der Waals surface area contributed by atoms with Gasteiger partial charge < -0.3 is 14.7 Å². The Morgan fingerprint density at radius 1 is 0.811 bits per heavy atom. The maximum absolute atomic E-state index is 12.6. The van der Waals surface area contributed by atoms with Crippen LogP contribution in [0.4, 0.5) is 0 Å². The van der Waals surface area contributed by atoms with Crippen molar-refractivity contribution in [2.45, 2.75) is 65.2 Å². The predicted molar refractivity (Wildman–Crippen MR) is 149 cm³/mol. The lowest BCUT2D eigenvalue weighted by Gasteiger charge is -2.16. The molecule has 8 heteroatoms. The third-order valence-corrected chi connectivity index (χ3v) is 8.16. The summed E-state index contributed by atoms with van der Waals surface area (Å²) >= 11 is 3.76. The standard InChI is InChI=1S/C29H31BrN4O3/c1-14(35)18-8-16-10-23-29(5,6)13-21(34-23)27(37-7)26-19(15(2)36)9-17(32-26)11-22-28(3,4)12-20(33-22)24(30)25(18)31-16/h8-11,31-32H,12-13H2,1-7H3. The third kappa shape index (κ3) is 4.31. The van der Waals surface area contributed by atoms with Crippen molar-refractivity contribution in [1.82, 2.24) is 19.9 Å². The summed E-state index contributed by atoms with van der Waals surface area (Å²) in [6.45, 7) is 11.7. The van der Waals surface area contributed by atoms with Crippen LogP contribution >= 0.6 is 15.9 Å².